The third-order valence-electron chi connectivity index (χ3n) is 5.84. The van der Waals surface area contributed by atoms with Crippen molar-refractivity contribution in [3.8, 4) is 28.3 Å². The molecule has 0 amide bonds. The van der Waals surface area contributed by atoms with Gasteiger partial charge in [0.1, 0.15) is 16.1 Å². The van der Waals surface area contributed by atoms with Gasteiger partial charge in [0.25, 0.3) is 0 Å². The van der Waals surface area contributed by atoms with E-state index < -0.39 is 0 Å². The molecule has 0 radical (unpaired) electrons. The average Bonchev–Trinajstić information content (AvgIpc) is 3.10. The molecular formula is C26H23ClN2OS2. The Labute approximate surface area is 202 Å². The number of anilines is 1. The summed E-state index contributed by atoms with van der Waals surface area (Å²) in [6, 6.07) is 19.9. The van der Waals surface area contributed by atoms with Gasteiger partial charge in [0.15, 0.2) is 5.75 Å². The predicted molar refractivity (Wildman–Crippen MR) is 138 cm³/mol. The number of fused-ring (bicyclic) bond motifs is 3. The van der Waals surface area contributed by atoms with Crippen LogP contribution in [-0.4, -0.2) is 3.96 Å². The number of nitrogens with one attached hydrogen (secondary N) is 1. The van der Waals surface area contributed by atoms with Crippen molar-refractivity contribution in [1.29, 1.82) is 0 Å². The fraction of sp³-hybridized carbons (Fsp3) is 0.192. The molecule has 0 unspecified atom stereocenters. The van der Waals surface area contributed by atoms with Crippen LogP contribution in [0.2, 0.25) is 5.02 Å². The highest BCUT2D eigenvalue weighted by Gasteiger charge is 2.35. The molecule has 2 heterocycles. The molecule has 1 N–H and O–H groups in total. The lowest BCUT2D eigenvalue weighted by Crippen LogP contribution is -2.30. The lowest BCUT2D eigenvalue weighted by Gasteiger charge is -2.33. The summed E-state index contributed by atoms with van der Waals surface area (Å²) in [5.41, 5.74) is 6.47. The second-order valence-electron chi connectivity index (χ2n) is 8.65. The Morgan fingerprint density at radius 1 is 1.00 bits per heavy atom. The first-order valence-corrected chi connectivity index (χ1v) is 12.0. The van der Waals surface area contributed by atoms with E-state index in [1.54, 1.807) is 11.5 Å². The van der Waals surface area contributed by atoms with Gasteiger partial charge in [0.05, 0.1) is 10.4 Å². The topological polar surface area (TPSA) is 26.2 Å². The van der Waals surface area contributed by atoms with Crippen LogP contribution in [0.15, 0.2) is 60.7 Å². The predicted octanol–water partition coefficient (Wildman–Crippen LogP) is 8.66. The van der Waals surface area contributed by atoms with Crippen molar-refractivity contribution in [2.24, 2.45) is 0 Å². The number of hydrogen-bond donors (Lipinski definition) is 1. The zero-order valence-electron chi connectivity index (χ0n) is 18.3. The number of halogens is 1. The maximum absolute atomic E-state index is 6.41. The smallest absolute Gasteiger partial charge is 0.152 e. The molecule has 4 aromatic rings. The highest BCUT2D eigenvalue weighted by atomic mass is 35.5. The fourth-order valence-corrected chi connectivity index (χ4v) is 5.90. The number of rotatable bonds is 3. The van der Waals surface area contributed by atoms with Gasteiger partial charge >= 0.3 is 0 Å². The third kappa shape index (κ3) is 3.54. The number of ether oxygens (including phenoxy) is 1. The van der Waals surface area contributed by atoms with E-state index in [2.05, 4.69) is 49.1 Å². The zero-order chi connectivity index (χ0) is 22.6. The van der Waals surface area contributed by atoms with E-state index in [4.69, 9.17) is 28.6 Å². The van der Waals surface area contributed by atoms with E-state index in [1.807, 2.05) is 48.5 Å². The molecule has 6 heteroatoms. The Kier molecular flexibility index (Phi) is 5.16. The maximum atomic E-state index is 6.41. The first kappa shape index (κ1) is 21.3. The molecule has 32 heavy (non-hydrogen) atoms. The van der Waals surface area contributed by atoms with Crippen molar-refractivity contribution >= 4 is 41.0 Å². The lowest BCUT2D eigenvalue weighted by molar-refractivity contribution is 0.481. The second-order valence-corrected chi connectivity index (χ2v) is 10.4. The molecule has 162 valence electrons. The van der Waals surface area contributed by atoms with Crippen molar-refractivity contribution in [1.82, 2.24) is 3.96 Å². The molecule has 0 fully saturated rings. The van der Waals surface area contributed by atoms with Crippen molar-refractivity contribution in [2.75, 3.05) is 5.32 Å². The summed E-state index contributed by atoms with van der Waals surface area (Å²) in [5.74, 6) is 1.48. The Balaban J connectivity index is 1.73. The minimum atomic E-state index is -0.257. The van der Waals surface area contributed by atoms with Crippen molar-refractivity contribution in [3.05, 3.63) is 86.3 Å². The van der Waals surface area contributed by atoms with Crippen molar-refractivity contribution in [3.63, 3.8) is 0 Å². The molecule has 0 aliphatic carbocycles. The van der Waals surface area contributed by atoms with Crippen molar-refractivity contribution < 1.29 is 4.74 Å². The molecule has 1 aliphatic rings. The summed E-state index contributed by atoms with van der Waals surface area (Å²) < 4.78 is 9.06. The molecular weight excluding hydrogens is 456 g/mol. The number of para-hydroxylation sites is 1. The average molecular weight is 479 g/mol. The van der Waals surface area contributed by atoms with Crippen LogP contribution in [0, 0.1) is 18.5 Å². The minimum Gasteiger partial charge on any atom is -0.455 e. The van der Waals surface area contributed by atoms with Crippen LogP contribution < -0.4 is 10.1 Å². The van der Waals surface area contributed by atoms with Crippen LogP contribution in [0.5, 0.6) is 11.5 Å². The van der Waals surface area contributed by atoms with Gasteiger partial charge in [-0.2, -0.15) is 0 Å². The summed E-state index contributed by atoms with van der Waals surface area (Å²) in [4.78, 5) is 1.20. The largest absolute Gasteiger partial charge is 0.455 e. The first-order valence-electron chi connectivity index (χ1n) is 10.4. The van der Waals surface area contributed by atoms with E-state index >= 15 is 0 Å². The molecule has 5 rings (SSSR count). The van der Waals surface area contributed by atoms with Crippen LogP contribution in [-0.2, 0) is 5.54 Å². The first-order chi connectivity index (χ1) is 15.2. The highest BCUT2D eigenvalue weighted by molar-refractivity contribution is 7.71. The summed E-state index contributed by atoms with van der Waals surface area (Å²) in [6.07, 6.45) is 0. The van der Waals surface area contributed by atoms with Gasteiger partial charge < -0.3 is 10.1 Å². The number of benzene rings is 3. The summed E-state index contributed by atoms with van der Waals surface area (Å²) in [6.45, 7) is 8.67. The van der Waals surface area contributed by atoms with Crippen LogP contribution >= 0.6 is 35.4 Å². The summed E-state index contributed by atoms with van der Waals surface area (Å²) in [7, 11) is 0. The number of aryl methyl sites for hydroxylation is 2. The molecule has 1 aliphatic heterocycles. The quantitative estimate of drug-likeness (QED) is 0.298. The Bertz CT molecular complexity index is 1400. The SMILES string of the molecule is Cc1cc2c(cc1C)-c1c(sn(-c3cc(Cl)ccc3Oc3ccccc3)c1=S)C(C)(C)N2. The molecule has 3 aromatic carbocycles. The van der Waals surface area contributed by atoms with Crippen LogP contribution in [0.1, 0.15) is 29.9 Å². The fourth-order valence-electron chi connectivity index (χ4n) is 4.07. The summed E-state index contributed by atoms with van der Waals surface area (Å²) >= 11 is 14.1. The lowest BCUT2D eigenvalue weighted by atomic mass is 9.88. The van der Waals surface area contributed by atoms with Gasteiger partial charge in [-0.25, -0.2) is 0 Å². The van der Waals surface area contributed by atoms with E-state index in [1.165, 1.54) is 16.0 Å². The van der Waals surface area contributed by atoms with E-state index in [0.29, 0.717) is 10.8 Å². The van der Waals surface area contributed by atoms with Crippen LogP contribution in [0.3, 0.4) is 0 Å². The molecule has 1 aromatic heterocycles. The molecule has 0 atom stereocenters. The monoisotopic (exact) mass is 478 g/mol. The third-order valence-corrected chi connectivity index (χ3v) is 8.03. The van der Waals surface area contributed by atoms with Gasteiger partial charge in [0.2, 0.25) is 0 Å². The maximum Gasteiger partial charge on any atom is 0.152 e. The Hall–Kier alpha value is -2.60. The molecule has 0 bridgehead atoms. The van der Waals surface area contributed by atoms with Gasteiger partial charge in [-0.3, -0.25) is 3.96 Å². The van der Waals surface area contributed by atoms with Gasteiger partial charge in [0, 0.05) is 21.8 Å². The van der Waals surface area contributed by atoms with Crippen LogP contribution in [0.25, 0.3) is 16.8 Å². The van der Waals surface area contributed by atoms with Gasteiger partial charge in [-0.05, 0) is 81.3 Å². The van der Waals surface area contributed by atoms with E-state index in [9.17, 15) is 0 Å². The second kappa shape index (κ2) is 7.77. The van der Waals surface area contributed by atoms with Crippen molar-refractivity contribution in [2.45, 2.75) is 33.2 Å². The Morgan fingerprint density at radius 3 is 2.47 bits per heavy atom. The molecule has 3 nitrogen and oxygen atoms in total. The normalized spacial score (nSPS) is 13.8. The zero-order valence-corrected chi connectivity index (χ0v) is 20.7. The Morgan fingerprint density at radius 2 is 1.72 bits per heavy atom. The van der Waals surface area contributed by atoms with Gasteiger partial charge in [-0.15, -0.1) is 0 Å². The molecule has 0 saturated heterocycles. The highest BCUT2D eigenvalue weighted by Crippen LogP contribution is 2.49. The van der Waals surface area contributed by atoms with Gasteiger partial charge in [-0.1, -0.05) is 53.6 Å². The summed E-state index contributed by atoms with van der Waals surface area (Å²) in [5, 5.41) is 4.35. The number of hydrogen-bond acceptors (Lipinski definition) is 4. The standard InChI is InChI=1S/C26H23ClN2OS2/c1-15-12-19-20(13-16(15)2)28-26(3,4)24-23(19)25(31)29(32-24)21-14-17(27)10-11-22(21)30-18-8-6-5-7-9-18/h5-14,28H,1-4H3. The van der Waals surface area contributed by atoms with E-state index in [-0.39, 0.29) is 5.54 Å². The van der Waals surface area contributed by atoms with E-state index in [0.717, 1.165) is 32.9 Å². The number of aromatic nitrogens is 1. The van der Waals surface area contributed by atoms with Crippen LogP contribution in [0.4, 0.5) is 5.69 Å². The molecule has 0 spiro atoms. The minimum absolute atomic E-state index is 0.257. The molecule has 0 saturated carbocycles. The number of nitrogens with zero attached hydrogens (tertiary/aromatic N) is 1.